The van der Waals surface area contributed by atoms with Gasteiger partial charge in [0.2, 0.25) is 5.54 Å². The van der Waals surface area contributed by atoms with Gasteiger partial charge in [-0.05, 0) is 42.3 Å². The molecule has 1 aliphatic heterocycles. The van der Waals surface area contributed by atoms with Crippen LogP contribution in [0.25, 0.3) is 11.1 Å². The average molecular weight is 449 g/mol. The smallest absolute Gasteiger partial charge is 0.369 e. The number of pyridine rings is 2. The summed E-state index contributed by atoms with van der Waals surface area (Å²) in [6.45, 7) is 1.72. The summed E-state index contributed by atoms with van der Waals surface area (Å²) in [5.41, 5.74) is 5.95. The zero-order chi connectivity index (χ0) is 23.8. The molecule has 2 N–H and O–H groups in total. The minimum Gasteiger partial charge on any atom is -0.369 e. The number of likely N-dealkylation sites (N-methyl/N-ethyl adjacent to an activating group) is 1. The van der Waals surface area contributed by atoms with E-state index in [0.29, 0.717) is 11.8 Å². The fourth-order valence-electron chi connectivity index (χ4n) is 3.65. The monoisotopic (exact) mass is 449 g/mol. The van der Waals surface area contributed by atoms with Crippen LogP contribution in [0.4, 0.5) is 13.2 Å². The van der Waals surface area contributed by atoms with Gasteiger partial charge in [0.15, 0.2) is 5.96 Å². The molecule has 1 aliphatic rings. The van der Waals surface area contributed by atoms with Crippen LogP contribution in [0.15, 0.2) is 66.0 Å². The molecule has 3 heterocycles. The van der Waals surface area contributed by atoms with Crippen LogP contribution < -0.4 is 5.73 Å². The number of hydrogen-bond acceptors (Lipinski definition) is 5. The molecule has 1 atom stereocenters. The summed E-state index contributed by atoms with van der Waals surface area (Å²) in [6.07, 6.45) is -0.576. The fraction of sp³-hybridized carbons (Fsp3) is 0.167. The first-order valence-electron chi connectivity index (χ1n) is 9.83. The van der Waals surface area contributed by atoms with Crippen molar-refractivity contribution in [1.82, 2.24) is 14.9 Å². The Morgan fingerprint density at radius 2 is 1.85 bits per heavy atom. The SMILES string of the molecule is CC#Cc1cncc(-c2cccc(C3(c4ccc(C(F)(F)F)cn4)N=C(N)N(C)C3=O)c2)c1. The number of hydrogen-bond donors (Lipinski definition) is 1. The molecule has 0 saturated carbocycles. The zero-order valence-corrected chi connectivity index (χ0v) is 17.7. The second-order valence-corrected chi connectivity index (χ2v) is 7.39. The summed E-state index contributed by atoms with van der Waals surface area (Å²) >= 11 is 0. The third-order valence-corrected chi connectivity index (χ3v) is 5.32. The first-order chi connectivity index (χ1) is 15.7. The molecule has 0 radical (unpaired) electrons. The van der Waals surface area contributed by atoms with Gasteiger partial charge in [-0.3, -0.25) is 19.7 Å². The zero-order valence-electron chi connectivity index (χ0n) is 17.7. The standard InChI is InChI=1S/C24H18F3N5O/c1-3-5-15-10-17(13-29-12-15)16-6-4-7-18(11-16)23(21(33)32(2)22(28)31-23)20-9-8-19(14-30-20)24(25,26)27/h4,6-14H,1-2H3,(H2,28,31). The number of alkyl halides is 3. The van der Waals surface area contributed by atoms with E-state index in [1.165, 1.54) is 7.05 Å². The van der Waals surface area contributed by atoms with Crippen LogP contribution in [0.1, 0.15) is 29.3 Å². The first-order valence-corrected chi connectivity index (χ1v) is 9.83. The molecule has 4 rings (SSSR count). The number of aliphatic imine (C=N–C) groups is 1. The molecule has 0 bridgehead atoms. The predicted molar refractivity (Wildman–Crippen MR) is 117 cm³/mol. The molecule has 3 aromatic rings. The Bertz CT molecular complexity index is 1320. The van der Waals surface area contributed by atoms with Gasteiger partial charge in [0, 0.05) is 36.8 Å². The summed E-state index contributed by atoms with van der Waals surface area (Å²) in [6, 6.07) is 10.8. The van der Waals surface area contributed by atoms with Crippen molar-refractivity contribution in [3.63, 3.8) is 0 Å². The summed E-state index contributed by atoms with van der Waals surface area (Å²) < 4.78 is 39.2. The van der Waals surface area contributed by atoms with Gasteiger partial charge < -0.3 is 5.73 Å². The van der Waals surface area contributed by atoms with Crippen LogP contribution >= 0.6 is 0 Å². The second-order valence-electron chi connectivity index (χ2n) is 7.39. The van der Waals surface area contributed by atoms with E-state index in [-0.39, 0.29) is 11.7 Å². The quantitative estimate of drug-likeness (QED) is 0.620. The lowest BCUT2D eigenvalue weighted by atomic mass is 9.84. The predicted octanol–water partition coefficient (Wildman–Crippen LogP) is 3.56. The molecule has 0 aliphatic carbocycles. The second kappa shape index (κ2) is 8.06. The van der Waals surface area contributed by atoms with Crippen molar-refractivity contribution in [2.75, 3.05) is 7.05 Å². The number of amides is 1. The van der Waals surface area contributed by atoms with E-state index in [2.05, 4.69) is 26.8 Å². The van der Waals surface area contributed by atoms with E-state index in [4.69, 9.17) is 5.73 Å². The van der Waals surface area contributed by atoms with Crippen molar-refractivity contribution in [3.8, 4) is 23.0 Å². The van der Waals surface area contributed by atoms with Crippen LogP contribution in [0.5, 0.6) is 0 Å². The summed E-state index contributed by atoms with van der Waals surface area (Å²) in [5, 5.41) is 0. The van der Waals surface area contributed by atoms with Gasteiger partial charge in [-0.2, -0.15) is 13.2 Å². The van der Waals surface area contributed by atoms with Crippen molar-refractivity contribution in [3.05, 3.63) is 83.4 Å². The molecule has 1 unspecified atom stereocenters. The van der Waals surface area contributed by atoms with Crippen molar-refractivity contribution in [1.29, 1.82) is 0 Å². The molecule has 1 amide bonds. The van der Waals surface area contributed by atoms with Gasteiger partial charge >= 0.3 is 6.18 Å². The molecule has 1 aromatic carbocycles. The van der Waals surface area contributed by atoms with Gasteiger partial charge in [-0.15, -0.1) is 5.92 Å². The summed E-state index contributed by atoms with van der Waals surface area (Å²) in [4.78, 5) is 27.1. The van der Waals surface area contributed by atoms with E-state index >= 15 is 0 Å². The number of guanidine groups is 1. The van der Waals surface area contributed by atoms with Gasteiger partial charge in [-0.1, -0.05) is 24.1 Å². The fourth-order valence-corrected chi connectivity index (χ4v) is 3.65. The number of halogens is 3. The Morgan fingerprint density at radius 1 is 1.06 bits per heavy atom. The minimum absolute atomic E-state index is 0.0358. The molecule has 0 spiro atoms. The largest absolute Gasteiger partial charge is 0.417 e. The molecular formula is C24H18F3N5O. The molecule has 9 heteroatoms. The third-order valence-electron chi connectivity index (χ3n) is 5.32. The highest BCUT2D eigenvalue weighted by molar-refractivity contribution is 6.08. The van der Waals surface area contributed by atoms with Crippen molar-refractivity contribution in [2.24, 2.45) is 10.7 Å². The molecule has 2 aromatic heterocycles. The molecule has 33 heavy (non-hydrogen) atoms. The van der Waals surface area contributed by atoms with Gasteiger partial charge in [-0.25, -0.2) is 4.99 Å². The van der Waals surface area contributed by atoms with E-state index in [0.717, 1.165) is 33.7 Å². The molecule has 6 nitrogen and oxygen atoms in total. The normalized spacial score (nSPS) is 18.0. The number of rotatable bonds is 3. The number of aromatic nitrogens is 2. The molecular weight excluding hydrogens is 431 g/mol. The Kier molecular flexibility index (Phi) is 5.38. The number of carbonyl (C=O) groups is 1. The highest BCUT2D eigenvalue weighted by Gasteiger charge is 2.51. The highest BCUT2D eigenvalue weighted by atomic mass is 19.4. The van der Waals surface area contributed by atoms with Gasteiger partial charge in [0.25, 0.3) is 5.91 Å². The lowest BCUT2D eigenvalue weighted by molar-refractivity contribution is -0.137. The Morgan fingerprint density at radius 3 is 2.45 bits per heavy atom. The maximum atomic E-state index is 13.3. The number of carbonyl (C=O) groups excluding carboxylic acids is 1. The number of nitrogens with zero attached hydrogens (tertiary/aromatic N) is 4. The van der Waals surface area contributed by atoms with Crippen molar-refractivity contribution < 1.29 is 18.0 Å². The van der Waals surface area contributed by atoms with Crippen LogP contribution in [0, 0.1) is 11.8 Å². The van der Waals surface area contributed by atoms with Crippen LogP contribution in [-0.2, 0) is 16.5 Å². The molecule has 0 saturated heterocycles. The molecule has 0 fully saturated rings. The van der Waals surface area contributed by atoms with Crippen molar-refractivity contribution >= 4 is 11.9 Å². The van der Waals surface area contributed by atoms with Crippen LogP contribution in [0.2, 0.25) is 0 Å². The van der Waals surface area contributed by atoms with Crippen molar-refractivity contribution in [2.45, 2.75) is 18.6 Å². The van der Waals surface area contributed by atoms with Gasteiger partial charge in [0.05, 0.1) is 11.3 Å². The van der Waals surface area contributed by atoms with Crippen LogP contribution in [-0.4, -0.2) is 33.8 Å². The maximum Gasteiger partial charge on any atom is 0.417 e. The lowest BCUT2D eigenvalue weighted by Gasteiger charge is -2.25. The van der Waals surface area contributed by atoms with E-state index < -0.39 is 23.2 Å². The third kappa shape index (κ3) is 3.80. The average Bonchev–Trinajstić information content (AvgIpc) is 3.04. The Balaban J connectivity index is 1.89. The van der Waals surface area contributed by atoms with Crippen LogP contribution in [0.3, 0.4) is 0 Å². The van der Waals surface area contributed by atoms with E-state index in [1.807, 2.05) is 12.1 Å². The van der Waals surface area contributed by atoms with E-state index in [1.54, 1.807) is 37.5 Å². The lowest BCUT2D eigenvalue weighted by Crippen LogP contribution is -2.41. The number of benzene rings is 1. The number of nitrogens with two attached hydrogens (primary N) is 1. The summed E-state index contributed by atoms with van der Waals surface area (Å²) in [7, 11) is 1.45. The van der Waals surface area contributed by atoms with Gasteiger partial charge in [0.1, 0.15) is 0 Å². The summed E-state index contributed by atoms with van der Waals surface area (Å²) in [5.74, 6) is 5.18. The Hall–Kier alpha value is -4.19. The minimum atomic E-state index is -4.56. The molecule has 166 valence electrons. The first kappa shape index (κ1) is 22.0. The highest BCUT2D eigenvalue weighted by Crippen LogP contribution is 2.40. The van der Waals surface area contributed by atoms with E-state index in [9.17, 15) is 18.0 Å². The Labute approximate surface area is 188 Å². The maximum absolute atomic E-state index is 13.3. The topological polar surface area (TPSA) is 84.5 Å².